The third-order valence-electron chi connectivity index (χ3n) is 2.66. The van der Waals surface area contributed by atoms with Gasteiger partial charge in [-0.05, 0) is 12.5 Å². The molecule has 0 aliphatic carbocycles. The Hall–Kier alpha value is -1.68. The van der Waals surface area contributed by atoms with Gasteiger partial charge in [0.05, 0.1) is 6.42 Å². The molecule has 1 amide bonds. The van der Waals surface area contributed by atoms with Crippen molar-refractivity contribution < 1.29 is 4.79 Å². The number of rotatable bonds is 4. The lowest BCUT2D eigenvalue weighted by Gasteiger charge is -2.16. The molecular formula is C14H16N2OS. The zero-order valence-corrected chi connectivity index (χ0v) is 11.4. The number of carbonyl (C=O) groups excluding carboxylic acids is 1. The molecular weight excluding hydrogens is 244 g/mol. The molecule has 0 saturated heterocycles. The Morgan fingerprint density at radius 1 is 1.33 bits per heavy atom. The summed E-state index contributed by atoms with van der Waals surface area (Å²) in [6, 6.07) is 9.99. The van der Waals surface area contributed by atoms with E-state index in [4.69, 9.17) is 0 Å². The zero-order chi connectivity index (χ0) is 13.0. The Balaban J connectivity index is 1.93. The first-order valence-electron chi connectivity index (χ1n) is 5.84. The summed E-state index contributed by atoms with van der Waals surface area (Å²) in [5.41, 5.74) is 2.12. The molecule has 2 rings (SSSR count). The number of carbonyl (C=O) groups is 1. The minimum atomic E-state index is 0.105. The maximum atomic E-state index is 12.0. The lowest BCUT2D eigenvalue weighted by molar-refractivity contribution is -0.129. The normalized spacial score (nSPS) is 10.3. The van der Waals surface area contributed by atoms with Gasteiger partial charge in [-0.1, -0.05) is 30.3 Å². The first kappa shape index (κ1) is 12.8. The zero-order valence-electron chi connectivity index (χ0n) is 10.6. The standard InChI is InChI=1S/C14H16N2OS/c1-11-10-18-13(15-11)8-14(17)16(2)9-12-6-4-3-5-7-12/h3-7,10H,8-9H2,1-2H3. The van der Waals surface area contributed by atoms with Crippen LogP contribution in [0.15, 0.2) is 35.7 Å². The molecule has 0 fully saturated rings. The van der Waals surface area contributed by atoms with Crippen LogP contribution in [0.25, 0.3) is 0 Å². The molecule has 0 bridgehead atoms. The molecule has 0 aliphatic heterocycles. The van der Waals surface area contributed by atoms with Crippen LogP contribution in [0.2, 0.25) is 0 Å². The maximum absolute atomic E-state index is 12.0. The second-order valence-electron chi connectivity index (χ2n) is 4.29. The van der Waals surface area contributed by atoms with Crippen molar-refractivity contribution in [1.29, 1.82) is 0 Å². The van der Waals surface area contributed by atoms with Gasteiger partial charge in [-0.2, -0.15) is 0 Å². The van der Waals surface area contributed by atoms with Gasteiger partial charge < -0.3 is 4.90 Å². The van der Waals surface area contributed by atoms with Crippen molar-refractivity contribution >= 4 is 17.2 Å². The van der Waals surface area contributed by atoms with Gasteiger partial charge >= 0.3 is 0 Å². The SMILES string of the molecule is Cc1csc(CC(=O)N(C)Cc2ccccc2)n1. The highest BCUT2D eigenvalue weighted by molar-refractivity contribution is 7.09. The van der Waals surface area contributed by atoms with E-state index in [9.17, 15) is 4.79 Å². The molecule has 0 radical (unpaired) electrons. The van der Waals surface area contributed by atoms with Gasteiger partial charge in [0.2, 0.25) is 5.91 Å². The topological polar surface area (TPSA) is 33.2 Å². The number of aryl methyl sites for hydroxylation is 1. The van der Waals surface area contributed by atoms with Gasteiger partial charge in [-0.15, -0.1) is 11.3 Å². The minimum Gasteiger partial charge on any atom is -0.341 e. The maximum Gasteiger partial charge on any atom is 0.229 e. The summed E-state index contributed by atoms with van der Waals surface area (Å²) >= 11 is 1.54. The van der Waals surface area contributed by atoms with Crippen molar-refractivity contribution in [3.8, 4) is 0 Å². The van der Waals surface area contributed by atoms with Crippen LogP contribution in [-0.2, 0) is 17.8 Å². The second kappa shape index (κ2) is 5.78. The first-order valence-corrected chi connectivity index (χ1v) is 6.72. The van der Waals surface area contributed by atoms with Gasteiger partial charge in [-0.25, -0.2) is 4.98 Å². The van der Waals surface area contributed by atoms with Crippen LogP contribution in [0.3, 0.4) is 0 Å². The summed E-state index contributed by atoms with van der Waals surface area (Å²) in [5.74, 6) is 0.105. The van der Waals surface area contributed by atoms with E-state index in [1.165, 1.54) is 0 Å². The summed E-state index contributed by atoms with van der Waals surface area (Å²) in [6.45, 7) is 2.59. The predicted octanol–water partition coefficient (Wildman–Crippen LogP) is 2.65. The summed E-state index contributed by atoms with van der Waals surface area (Å²) in [6.07, 6.45) is 0.391. The summed E-state index contributed by atoms with van der Waals surface area (Å²) < 4.78 is 0. The van der Waals surface area contributed by atoms with Crippen molar-refractivity contribution in [3.05, 3.63) is 52.0 Å². The molecule has 1 aromatic heterocycles. The molecule has 0 unspecified atom stereocenters. The molecule has 0 aliphatic rings. The van der Waals surface area contributed by atoms with E-state index < -0.39 is 0 Å². The molecule has 2 aromatic rings. The summed E-state index contributed by atoms with van der Waals surface area (Å²) in [5, 5.41) is 2.86. The van der Waals surface area contributed by atoms with E-state index in [0.717, 1.165) is 16.3 Å². The monoisotopic (exact) mass is 260 g/mol. The fourth-order valence-electron chi connectivity index (χ4n) is 1.69. The number of benzene rings is 1. The highest BCUT2D eigenvalue weighted by Crippen LogP contribution is 2.11. The molecule has 1 aromatic carbocycles. The number of hydrogen-bond acceptors (Lipinski definition) is 3. The highest BCUT2D eigenvalue weighted by atomic mass is 32.1. The number of nitrogens with zero attached hydrogens (tertiary/aromatic N) is 2. The fourth-order valence-corrected chi connectivity index (χ4v) is 2.46. The smallest absolute Gasteiger partial charge is 0.229 e. The second-order valence-corrected chi connectivity index (χ2v) is 5.24. The largest absolute Gasteiger partial charge is 0.341 e. The van der Waals surface area contributed by atoms with E-state index in [0.29, 0.717) is 13.0 Å². The van der Waals surface area contributed by atoms with Crippen LogP contribution < -0.4 is 0 Å². The average molecular weight is 260 g/mol. The van der Waals surface area contributed by atoms with E-state index in [1.54, 1.807) is 16.2 Å². The summed E-state index contributed by atoms with van der Waals surface area (Å²) in [4.78, 5) is 18.1. The molecule has 1 heterocycles. The van der Waals surface area contributed by atoms with E-state index in [-0.39, 0.29) is 5.91 Å². The van der Waals surface area contributed by atoms with Crippen LogP contribution in [0.5, 0.6) is 0 Å². The van der Waals surface area contributed by atoms with Gasteiger partial charge in [0.1, 0.15) is 5.01 Å². The highest BCUT2D eigenvalue weighted by Gasteiger charge is 2.12. The van der Waals surface area contributed by atoms with Gasteiger partial charge in [-0.3, -0.25) is 4.79 Å². The molecule has 3 nitrogen and oxygen atoms in total. The van der Waals surface area contributed by atoms with Crippen LogP contribution in [0, 0.1) is 6.92 Å². The molecule has 0 N–H and O–H groups in total. The number of amides is 1. The quantitative estimate of drug-likeness (QED) is 0.846. The van der Waals surface area contributed by atoms with Crippen LogP contribution >= 0.6 is 11.3 Å². The molecule has 0 atom stereocenters. The Kier molecular flexibility index (Phi) is 4.10. The minimum absolute atomic E-state index is 0.105. The Morgan fingerprint density at radius 3 is 2.67 bits per heavy atom. The molecule has 0 saturated carbocycles. The fraction of sp³-hybridized carbons (Fsp3) is 0.286. The van der Waals surface area contributed by atoms with Crippen molar-refractivity contribution in [2.45, 2.75) is 19.9 Å². The van der Waals surface area contributed by atoms with Gasteiger partial charge in [0.15, 0.2) is 0 Å². The van der Waals surface area contributed by atoms with Crippen molar-refractivity contribution in [2.24, 2.45) is 0 Å². The molecule has 94 valence electrons. The van der Waals surface area contributed by atoms with Gasteiger partial charge in [0.25, 0.3) is 0 Å². The third-order valence-corrected chi connectivity index (χ3v) is 3.62. The number of aromatic nitrogens is 1. The first-order chi connectivity index (χ1) is 8.65. The van der Waals surface area contributed by atoms with Crippen LogP contribution in [-0.4, -0.2) is 22.8 Å². The molecule has 0 spiro atoms. The summed E-state index contributed by atoms with van der Waals surface area (Å²) in [7, 11) is 1.83. The Labute approximate surface area is 111 Å². The lowest BCUT2D eigenvalue weighted by Crippen LogP contribution is -2.27. The average Bonchev–Trinajstić information content (AvgIpc) is 2.76. The van der Waals surface area contributed by atoms with E-state index in [1.807, 2.05) is 49.7 Å². The Morgan fingerprint density at radius 2 is 2.06 bits per heavy atom. The van der Waals surface area contributed by atoms with E-state index >= 15 is 0 Å². The molecule has 18 heavy (non-hydrogen) atoms. The number of likely N-dealkylation sites (N-methyl/N-ethyl adjacent to an activating group) is 1. The van der Waals surface area contributed by atoms with E-state index in [2.05, 4.69) is 4.98 Å². The van der Waals surface area contributed by atoms with Crippen LogP contribution in [0.4, 0.5) is 0 Å². The lowest BCUT2D eigenvalue weighted by atomic mass is 10.2. The number of thiazole rings is 1. The number of hydrogen-bond donors (Lipinski definition) is 0. The third kappa shape index (κ3) is 3.40. The Bertz CT molecular complexity index is 522. The van der Waals surface area contributed by atoms with Gasteiger partial charge in [0, 0.05) is 24.7 Å². The molecule has 4 heteroatoms. The van der Waals surface area contributed by atoms with Crippen LogP contribution in [0.1, 0.15) is 16.3 Å². The van der Waals surface area contributed by atoms with Crippen molar-refractivity contribution in [1.82, 2.24) is 9.88 Å². The van der Waals surface area contributed by atoms with Crippen molar-refractivity contribution in [3.63, 3.8) is 0 Å². The predicted molar refractivity (Wildman–Crippen MR) is 73.5 cm³/mol. The van der Waals surface area contributed by atoms with Crippen molar-refractivity contribution in [2.75, 3.05) is 7.05 Å².